The van der Waals surface area contributed by atoms with Crippen molar-refractivity contribution in [3.05, 3.63) is 58.1 Å². The number of anilines is 1. The van der Waals surface area contributed by atoms with Crippen LogP contribution in [-0.4, -0.2) is 25.1 Å². The fourth-order valence-corrected chi connectivity index (χ4v) is 2.23. The molecule has 7 heteroatoms. The highest BCUT2D eigenvalue weighted by atomic mass is 35.5. The van der Waals surface area contributed by atoms with Crippen LogP contribution in [0.1, 0.15) is 23.7 Å². The number of ether oxygens (including phenoxy) is 2. The van der Waals surface area contributed by atoms with Crippen molar-refractivity contribution in [3.63, 3.8) is 0 Å². The van der Waals surface area contributed by atoms with Gasteiger partial charge in [-0.2, -0.15) is 0 Å². The minimum Gasteiger partial charge on any atom is -0.482 e. The van der Waals surface area contributed by atoms with Crippen LogP contribution in [0.25, 0.3) is 0 Å². The quantitative estimate of drug-likeness (QED) is 0.712. The summed E-state index contributed by atoms with van der Waals surface area (Å²) < 4.78 is 10.4. The van der Waals surface area contributed by atoms with Crippen LogP contribution in [0.3, 0.4) is 0 Å². The maximum atomic E-state index is 11.9. The highest BCUT2D eigenvalue weighted by Crippen LogP contribution is 2.27. The van der Waals surface area contributed by atoms with Crippen molar-refractivity contribution >= 4 is 40.8 Å². The van der Waals surface area contributed by atoms with Crippen molar-refractivity contribution in [2.45, 2.75) is 13.3 Å². The van der Waals surface area contributed by atoms with Gasteiger partial charge in [0.1, 0.15) is 5.75 Å². The number of hydrogen-bond donors (Lipinski definition) is 1. The van der Waals surface area contributed by atoms with Crippen molar-refractivity contribution in [1.29, 1.82) is 0 Å². The molecule has 0 aliphatic rings. The molecule has 25 heavy (non-hydrogen) atoms. The summed E-state index contributed by atoms with van der Waals surface area (Å²) in [5.41, 5.74) is 0.964. The summed E-state index contributed by atoms with van der Waals surface area (Å²) in [4.78, 5) is 23.6. The molecule has 0 aromatic heterocycles. The zero-order valence-corrected chi connectivity index (χ0v) is 15.1. The smallest absolute Gasteiger partial charge is 0.338 e. The molecule has 0 saturated heterocycles. The second-order valence-corrected chi connectivity index (χ2v) is 5.97. The molecule has 0 aliphatic heterocycles. The van der Waals surface area contributed by atoms with E-state index in [2.05, 4.69) is 5.32 Å². The number of halogens is 2. The van der Waals surface area contributed by atoms with Gasteiger partial charge in [0, 0.05) is 16.8 Å². The van der Waals surface area contributed by atoms with E-state index in [1.165, 1.54) is 6.07 Å². The van der Waals surface area contributed by atoms with E-state index in [9.17, 15) is 9.59 Å². The summed E-state index contributed by atoms with van der Waals surface area (Å²) in [7, 11) is 0. The Morgan fingerprint density at radius 2 is 1.80 bits per heavy atom. The molecule has 5 nitrogen and oxygen atoms in total. The number of hydrogen-bond acceptors (Lipinski definition) is 4. The van der Waals surface area contributed by atoms with Crippen molar-refractivity contribution in [2.24, 2.45) is 0 Å². The normalized spacial score (nSPS) is 10.2. The second-order valence-electron chi connectivity index (χ2n) is 5.12. The molecule has 0 fully saturated rings. The molecule has 1 N–H and O–H groups in total. The van der Waals surface area contributed by atoms with E-state index >= 15 is 0 Å². The van der Waals surface area contributed by atoms with Crippen LogP contribution in [-0.2, 0) is 9.53 Å². The van der Waals surface area contributed by atoms with Gasteiger partial charge in [-0.25, -0.2) is 4.79 Å². The van der Waals surface area contributed by atoms with Gasteiger partial charge < -0.3 is 14.8 Å². The third-order valence-electron chi connectivity index (χ3n) is 3.09. The molecule has 2 rings (SSSR count). The Bertz CT molecular complexity index is 747. The number of carbonyl (C=O) groups excluding carboxylic acids is 2. The highest BCUT2D eigenvalue weighted by Gasteiger charge is 2.09. The Kier molecular flexibility index (Phi) is 7.10. The molecule has 0 radical (unpaired) electrons. The van der Waals surface area contributed by atoms with Crippen LogP contribution in [0, 0.1) is 0 Å². The van der Waals surface area contributed by atoms with Gasteiger partial charge in [0.15, 0.2) is 6.61 Å². The lowest BCUT2D eigenvalue weighted by atomic mass is 10.2. The summed E-state index contributed by atoms with van der Waals surface area (Å²) in [6.45, 7) is 2.08. The summed E-state index contributed by atoms with van der Waals surface area (Å²) in [5, 5.41) is 3.49. The average Bonchev–Trinajstić information content (AvgIpc) is 2.61. The Labute approximate surface area is 155 Å². The zero-order chi connectivity index (χ0) is 18.2. The molecule has 2 aromatic rings. The van der Waals surface area contributed by atoms with E-state index in [4.69, 9.17) is 32.7 Å². The van der Waals surface area contributed by atoms with Crippen LogP contribution in [0.5, 0.6) is 5.75 Å². The Morgan fingerprint density at radius 1 is 1.08 bits per heavy atom. The zero-order valence-electron chi connectivity index (χ0n) is 13.6. The predicted molar refractivity (Wildman–Crippen MR) is 97.6 cm³/mol. The SMILES string of the molecule is CCCOC(=O)c1ccc(NC(=O)COc2cc(Cl)ccc2Cl)cc1. The van der Waals surface area contributed by atoms with Crippen LogP contribution in [0.15, 0.2) is 42.5 Å². The maximum Gasteiger partial charge on any atom is 0.338 e. The van der Waals surface area contributed by atoms with Gasteiger partial charge >= 0.3 is 5.97 Å². The first-order chi connectivity index (χ1) is 12.0. The van der Waals surface area contributed by atoms with Crippen molar-refractivity contribution in [3.8, 4) is 5.75 Å². The number of carbonyl (C=O) groups is 2. The minimum atomic E-state index is -0.390. The molecule has 132 valence electrons. The molecule has 2 aromatic carbocycles. The standard InChI is InChI=1S/C18H17Cl2NO4/c1-2-9-24-18(23)12-3-6-14(7-4-12)21-17(22)11-25-16-10-13(19)5-8-15(16)20/h3-8,10H,2,9,11H2,1H3,(H,21,22). The maximum absolute atomic E-state index is 11.9. The third kappa shape index (κ3) is 5.96. The number of nitrogens with one attached hydrogen (secondary N) is 1. The third-order valence-corrected chi connectivity index (χ3v) is 3.64. The van der Waals surface area contributed by atoms with E-state index in [0.717, 1.165) is 6.42 Å². The minimum absolute atomic E-state index is 0.222. The lowest BCUT2D eigenvalue weighted by molar-refractivity contribution is -0.118. The molecule has 0 bridgehead atoms. The van der Waals surface area contributed by atoms with Gasteiger partial charge in [-0.05, 0) is 42.8 Å². The van der Waals surface area contributed by atoms with Gasteiger partial charge in [-0.15, -0.1) is 0 Å². The number of rotatable bonds is 7. The first kappa shape index (κ1) is 19.1. The number of amides is 1. The Balaban J connectivity index is 1.88. The Morgan fingerprint density at radius 3 is 2.48 bits per heavy atom. The molecule has 0 unspecified atom stereocenters. The van der Waals surface area contributed by atoms with E-state index in [-0.39, 0.29) is 12.5 Å². The van der Waals surface area contributed by atoms with Crippen LogP contribution in [0.4, 0.5) is 5.69 Å². The van der Waals surface area contributed by atoms with Gasteiger partial charge in [-0.3, -0.25) is 4.79 Å². The summed E-state index contributed by atoms with van der Waals surface area (Å²) in [6.07, 6.45) is 0.760. The van der Waals surface area contributed by atoms with Crippen LogP contribution >= 0.6 is 23.2 Å². The molecule has 1 amide bonds. The van der Waals surface area contributed by atoms with Gasteiger partial charge in [0.2, 0.25) is 0 Å². The van der Waals surface area contributed by atoms with Gasteiger partial charge in [0.05, 0.1) is 17.2 Å². The molecule has 0 atom stereocenters. The second kappa shape index (κ2) is 9.30. The molecule has 0 saturated carbocycles. The molecule has 0 aliphatic carbocycles. The monoisotopic (exact) mass is 381 g/mol. The fraction of sp³-hybridized carbons (Fsp3) is 0.222. The van der Waals surface area contributed by atoms with Crippen molar-refractivity contribution in [1.82, 2.24) is 0 Å². The van der Waals surface area contributed by atoms with Crippen LogP contribution in [0.2, 0.25) is 10.0 Å². The van der Waals surface area contributed by atoms with Crippen molar-refractivity contribution in [2.75, 3.05) is 18.5 Å². The van der Waals surface area contributed by atoms with E-state index in [1.54, 1.807) is 36.4 Å². The van der Waals surface area contributed by atoms with E-state index in [1.807, 2.05) is 6.92 Å². The molecular weight excluding hydrogens is 365 g/mol. The molecule has 0 spiro atoms. The van der Waals surface area contributed by atoms with Gasteiger partial charge in [-0.1, -0.05) is 30.1 Å². The molecular formula is C18H17Cl2NO4. The lowest BCUT2D eigenvalue weighted by Crippen LogP contribution is -2.20. The summed E-state index contributed by atoms with van der Waals surface area (Å²) >= 11 is 11.8. The first-order valence-electron chi connectivity index (χ1n) is 7.64. The predicted octanol–water partition coefficient (Wildman–Crippen LogP) is 4.58. The largest absolute Gasteiger partial charge is 0.482 e. The summed E-state index contributed by atoms with van der Waals surface area (Å²) in [6, 6.07) is 11.2. The topological polar surface area (TPSA) is 64.6 Å². The van der Waals surface area contributed by atoms with Gasteiger partial charge in [0.25, 0.3) is 5.91 Å². The summed E-state index contributed by atoms with van der Waals surface area (Å²) in [5.74, 6) is -0.422. The van der Waals surface area contributed by atoms with E-state index in [0.29, 0.717) is 33.7 Å². The number of benzene rings is 2. The lowest BCUT2D eigenvalue weighted by Gasteiger charge is -2.09. The first-order valence-corrected chi connectivity index (χ1v) is 8.40. The fourth-order valence-electron chi connectivity index (χ4n) is 1.90. The highest BCUT2D eigenvalue weighted by molar-refractivity contribution is 6.34. The van der Waals surface area contributed by atoms with Crippen molar-refractivity contribution < 1.29 is 19.1 Å². The molecule has 0 heterocycles. The number of esters is 1. The van der Waals surface area contributed by atoms with E-state index < -0.39 is 5.97 Å². The Hall–Kier alpha value is -2.24. The average molecular weight is 382 g/mol. The van der Waals surface area contributed by atoms with Crippen LogP contribution < -0.4 is 10.1 Å².